The average molecular weight is 462 g/mol. The van der Waals surface area contributed by atoms with E-state index >= 15 is 0 Å². The van der Waals surface area contributed by atoms with Gasteiger partial charge in [0.1, 0.15) is 12.4 Å². The fourth-order valence-corrected chi connectivity index (χ4v) is 5.86. The van der Waals surface area contributed by atoms with Gasteiger partial charge < -0.3 is 10.1 Å². The quantitative estimate of drug-likeness (QED) is 0.340. The molecule has 3 aromatic rings. The number of benzene rings is 3. The Morgan fingerprint density at radius 2 is 1.52 bits per heavy atom. The summed E-state index contributed by atoms with van der Waals surface area (Å²) >= 11 is 0. The van der Waals surface area contributed by atoms with Crippen molar-refractivity contribution < 1.29 is 4.74 Å². The summed E-state index contributed by atoms with van der Waals surface area (Å²) in [6, 6.07) is 24.0. The van der Waals surface area contributed by atoms with E-state index in [4.69, 9.17) is 4.74 Å². The first kappa shape index (κ1) is 25.5. The second-order valence-electron chi connectivity index (χ2n) is 10.2. The third kappa shape index (κ3) is 6.25. The van der Waals surface area contributed by atoms with Crippen molar-refractivity contribution in [3.8, 4) is 5.75 Å². The van der Waals surface area contributed by atoms with E-state index in [1.165, 1.54) is 33.1 Å². The Morgan fingerprint density at radius 1 is 0.879 bits per heavy atom. The van der Waals surface area contributed by atoms with E-state index in [9.17, 15) is 0 Å². The summed E-state index contributed by atoms with van der Waals surface area (Å²) in [5.41, 5.74) is 6.51. The van der Waals surface area contributed by atoms with Crippen molar-refractivity contribution in [1.82, 2.24) is 5.32 Å². The van der Waals surface area contributed by atoms with Crippen LogP contribution in [0.15, 0.2) is 66.7 Å². The number of nitrogens with one attached hydrogen (secondary N) is 1. The predicted molar refractivity (Wildman–Crippen MR) is 145 cm³/mol. The summed E-state index contributed by atoms with van der Waals surface area (Å²) in [6.07, 6.45) is 1.05. The molecule has 2 nitrogen and oxygen atoms in total. The van der Waals surface area contributed by atoms with E-state index in [0.29, 0.717) is 15.2 Å². The van der Waals surface area contributed by atoms with Gasteiger partial charge in [-0.25, -0.2) is 0 Å². The lowest BCUT2D eigenvalue weighted by atomic mass is 9.81. The third-order valence-corrected chi connectivity index (χ3v) is 8.30. The van der Waals surface area contributed by atoms with Gasteiger partial charge in [0, 0.05) is 22.8 Å². The molecule has 0 heterocycles. The fourth-order valence-electron chi connectivity index (χ4n) is 4.26. The first-order valence-electron chi connectivity index (χ1n) is 12.0. The molecule has 3 rings (SSSR count). The summed E-state index contributed by atoms with van der Waals surface area (Å²) < 4.78 is 6.69. The number of rotatable bonds is 9. The molecule has 0 aliphatic carbocycles. The van der Waals surface area contributed by atoms with Gasteiger partial charge in [-0.1, -0.05) is 115 Å². The molecule has 0 fully saturated rings. The van der Waals surface area contributed by atoms with Gasteiger partial charge in [0.15, 0.2) is 0 Å². The Labute approximate surface area is 203 Å². The first-order chi connectivity index (χ1) is 15.7. The zero-order chi connectivity index (χ0) is 24.1. The zero-order valence-corrected chi connectivity index (χ0v) is 22.4. The number of aryl methyl sites for hydroxylation is 1. The van der Waals surface area contributed by atoms with Gasteiger partial charge in [0.25, 0.3) is 0 Å². The largest absolute Gasteiger partial charge is 0.488 e. The van der Waals surface area contributed by atoms with E-state index in [1.807, 2.05) is 7.05 Å². The SMILES string of the molecule is CCC(C)(Pc1ccccc1CNC)c1cc(C)cc(C(C)(C)C)c1OCc1ccccc1. The highest BCUT2D eigenvalue weighted by Crippen LogP contribution is 2.50. The second-order valence-corrected chi connectivity index (χ2v) is 12.1. The number of hydrogen-bond acceptors (Lipinski definition) is 2. The van der Waals surface area contributed by atoms with E-state index in [1.54, 1.807) is 0 Å². The van der Waals surface area contributed by atoms with Crippen molar-refractivity contribution in [3.05, 3.63) is 94.5 Å². The van der Waals surface area contributed by atoms with Crippen LogP contribution in [-0.2, 0) is 23.7 Å². The van der Waals surface area contributed by atoms with Crippen molar-refractivity contribution >= 4 is 13.9 Å². The van der Waals surface area contributed by atoms with Crippen LogP contribution in [0.4, 0.5) is 0 Å². The molecule has 0 spiro atoms. The third-order valence-electron chi connectivity index (χ3n) is 6.36. The van der Waals surface area contributed by atoms with Crippen molar-refractivity contribution in [2.75, 3.05) is 7.05 Å². The van der Waals surface area contributed by atoms with Gasteiger partial charge in [-0.15, -0.1) is 0 Å². The Bertz CT molecular complexity index is 1050. The molecule has 3 aromatic carbocycles. The fraction of sp³-hybridized carbons (Fsp3) is 0.400. The lowest BCUT2D eigenvalue weighted by molar-refractivity contribution is 0.291. The maximum atomic E-state index is 6.69. The van der Waals surface area contributed by atoms with Crippen LogP contribution in [-0.4, -0.2) is 7.05 Å². The Morgan fingerprint density at radius 3 is 2.15 bits per heavy atom. The Kier molecular flexibility index (Phi) is 8.38. The molecule has 0 saturated heterocycles. The molecule has 3 heteroatoms. The van der Waals surface area contributed by atoms with Gasteiger partial charge in [-0.05, 0) is 42.2 Å². The lowest BCUT2D eigenvalue weighted by Crippen LogP contribution is -2.24. The Hall–Kier alpha value is -2.15. The highest BCUT2D eigenvalue weighted by atomic mass is 31.1. The van der Waals surface area contributed by atoms with Crippen LogP contribution in [0, 0.1) is 6.92 Å². The molecular weight excluding hydrogens is 421 g/mol. The normalized spacial score (nSPS) is 13.9. The molecule has 176 valence electrons. The summed E-state index contributed by atoms with van der Waals surface area (Å²) in [4.78, 5) is 0. The molecule has 0 amide bonds. The second kappa shape index (κ2) is 10.9. The van der Waals surface area contributed by atoms with E-state index in [-0.39, 0.29) is 10.6 Å². The molecule has 0 aliphatic rings. The van der Waals surface area contributed by atoms with Crippen molar-refractivity contribution in [1.29, 1.82) is 0 Å². The van der Waals surface area contributed by atoms with Crippen LogP contribution < -0.4 is 15.4 Å². The standard InChI is InChI=1S/C30H40NOP/c1-8-30(6,33-27-17-13-12-16-24(27)20-31-7)26-19-22(2)18-25(29(3,4)5)28(26)32-21-23-14-10-9-11-15-23/h9-19,31,33H,8,20-21H2,1-7H3. The molecule has 2 unspecified atom stereocenters. The Balaban J connectivity index is 2.11. The molecule has 2 atom stereocenters. The van der Waals surface area contributed by atoms with Crippen LogP contribution in [0.3, 0.4) is 0 Å². The van der Waals surface area contributed by atoms with E-state index < -0.39 is 0 Å². The molecule has 0 aromatic heterocycles. The molecule has 0 saturated carbocycles. The minimum Gasteiger partial charge on any atom is -0.488 e. The molecular formula is C30H40NOP. The van der Waals surface area contributed by atoms with Gasteiger partial charge in [-0.2, -0.15) is 0 Å². The monoisotopic (exact) mass is 461 g/mol. The maximum absolute atomic E-state index is 6.69. The number of ether oxygens (including phenoxy) is 1. The van der Waals surface area contributed by atoms with Gasteiger partial charge in [0.2, 0.25) is 0 Å². The minimum absolute atomic E-state index is 0.00537. The number of hydrogen-bond donors (Lipinski definition) is 1. The van der Waals surface area contributed by atoms with Gasteiger partial charge >= 0.3 is 0 Å². The van der Waals surface area contributed by atoms with Gasteiger partial charge in [-0.3, -0.25) is 0 Å². The summed E-state index contributed by atoms with van der Waals surface area (Å²) in [5, 5.41) is 4.76. The van der Waals surface area contributed by atoms with Crippen molar-refractivity contribution in [2.24, 2.45) is 0 Å². The maximum Gasteiger partial charge on any atom is 0.127 e. The average Bonchev–Trinajstić information content (AvgIpc) is 2.79. The summed E-state index contributed by atoms with van der Waals surface area (Å²) in [7, 11) is 2.68. The van der Waals surface area contributed by atoms with Crippen LogP contribution in [0.25, 0.3) is 0 Å². The van der Waals surface area contributed by atoms with Crippen LogP contribution in [0.5, 0.6) is 5.75 Å². The van der Waals surface area contributed by atoms with Crippen LogP contribution in [0.2, 0.25) is 0 Å². The van der Waals surface area contributed by atoms with E-state index in [2.05, 4.69) is 114 Å². The van der Waals surface area contributed by atoms with Crippen molar-refractivity contribution in [2.45, 2.75) is 71.7 Å². The first-order valence-corrected chi connectivity index (χ1v) is 13.0. The van der Waals surface area contributed by atoms with Crippen molar-refractivity contribution in [3.63, 3.8) is 0 Å². The van der Waals surface area contributed by atoms with Crippen LogP contribution >= 0.6 is 8.58 Å². The highest BCUT2D eigenvalue weighted by Gasteiger charge is 2.33. The molecule has 0 bridgehead atoms. The predicted octanol–water partition coefficient (Wildman–Crippen LogP) is 7.22. The summed E-state index contributed by atoms with van der Waals surface area (Å²) in [5.74, 6) is 1.07. The topological polar surface area (TPSA) is 21.3 Å². The minimum atomic E-state index is -0.0120. The smallest absolute Gasteiger partial charge is 0.127 e. The molecule has 0 aliphatic heterocycles. The zero-order valence-electron chi connectivity index (χ0n) is 21.4. The highest BCUT2D eigenvalue weighted by molar-refractivity contribution is 7.48. The molecule has 33 heavy (non-hydrogen) atoms. The van der Waals surface area contributed by atoms with Crippen LogP contribution in [0.1, 0.15) is 68.9 Å². The molecule has 0 radical (unpaired) electrons. The lowest BCUT2D eigenvalue weighted by Gasteiger charge is -2.35. The summed E-state index contributed by atoms with van der Waals surface area (Å²) in [6.45, 7) is 15.3. The molecule has 1 N–H and O–H groups in total. The van der Waals surface area contributed by atoms with E-state index in [0.717, 1.165) is 18.7 Å². The van der Waals surface area contributed by atoms with Gasteiger partial charge in [0.05, 0.1) is 0 Å².